The van der Waals surface area contributed by atoms with Crippen molar-refractivity contribution in [3.8, 4) is 6.07 Å². The van der Waals surface area contributed by atoms with Gasteiger partial charge in [-0.25, -0.2) is 0 Å². The Bertz CT molecular complexity index is 287. The van der Waals surface area contributed by atoms with Gasteiger partial charge in [-0.2, -0.15) is 5.26 Å². The van der Waals surface area contributed by atoms with Crippen LogP contribution in [0.15, 0.2) is 0 Å². The molecule has 2 unspecified atom stereocenters. The van der Waals surface area contributed by atoms with Gasteiger partial charge in [-0.3, -0.25) is 0 Å². The molecule has 0 bridgehead atoms. The van der Waals surface area contributed by atoms with Gasteiger partial charge in [-0.1, -0.05) is 6.42 Å². The summed E-state index contributed by atoms with van der Waals surface area (Å²) in [5, 5.41) is 9.15. The Morgan fingerprint density at radius 1 is 1.50 bits per heavy atom. The predicted octanol–water partition coefficient (Wildman–Crippen LogP) is 1.75. The molecule has 2 N–H and O–H groups in total. The highest BCUT2D eigenvalue weighted by atomic mass is 16.5. The van der Waals surface area contributed by atoms with Crippen molar-refractivity contribution in [3.63, 3.8) is 0 Å². The molecular formula is C14H27N3O. The van der Waals surface area contributed by atoms with Gasteiger partial charge in [0.2, 0.25) is 0 Å². The Kier molecular flexibility index (Phi) is 6.07. The first-order valence-corrected chi connectivity index (χ1v) is 6.98. The van der Waals surface area contributed by atoms with Crippen LogP contribution < -0.4 is 5.73 Å². The molecule has 0 aromatic rings. The summed E-state index contributed by atoms with van der Waals surface area (Å²) < 4.78 is 5.53. The van der Waals surface area contributed by atoms with Gasteiger partial charge in [0.05, 0.1) is 18.8 Å². The van der Waals surface area contributed by atoms with Crippen molar-refractivity contribution in [1.82, 2.24) is 4.90 Å². The van der Waals surface area contributed by atoms with Crippen LogP contribution >= 0.6 is 0 Å². The number of nitrogens with zero attached hydrogens (tertiary/aromatic N) is 2. The van der Waals surface area contributed by atoms with Gasteiger partial charge < -0.3 is 15.4 Å². The number of rotatable bonds is 7. The minimum atomic E-state index is -0.574. The summed E-state index contributed by atoms with van der Waals surface area (Å²) in [5.74, 6) is 0.357. The largest absolute Gasteiger partial charge is 0.377 e. The number of hydrogen-bond donors (Lipinski definition) is 1. The fourth-order valence-corrected chi connectivity index (χ4v) is 2.58. The highest BCUT2D eigenvalue weighted by Gasteiger charge is 2.39. The van der Waals surface area contributed by atoms with E-state index in [4.69, 9.17) is 15.7 Å². The molecule has 0 amide bonds. The summed E-state index contributed by atoms with van der Waals surface area (Å²) in [6.45, 7) is 6.80. The molecule has 0 aromatic heterocycles. The summed E-state index contributed by atoms with van der Waals surface area (Å²) in [6, 6.07) is 2.31. The van der Waals surface area contributed by atoms with Crippen molar-refractivity contribution in [2.75, 3.05) is 26.7 Å². The molecular weight excluding hydrogens is 226 g/mol. The van der Waals surface area contributed by atoms with Crippen molar-refractivity contribution in [1.29, 1.82) is 5.26 Å². The van der Waals surface area contributed by atoms with E-state index in [1.807, 2.05) is 13.8 Å². The molecule has 104 valence electrons. The maximum Gasteiger partial charge on any atom is 0.107 e. The third-order valence-corrected chi connectivity index (χ3v) is 3.86. The van der Waals surface area contributed by atoms with Crippen LogP contribution in [-0.2, 0) is 4.74 Å². The van der Waals surface area contributed by atoms with E-state index in [0.29, 0.717) is 12.0 Å². The van der Waals surface area contributed by atoms with Crippen LogP contribution in [0.3, 0.4) is 0 Å². The Hall–Kier alpha value is -0.630. The zero-order valence-corrected chi connectivity index (χ0v) is 12.0. The van der Waals surface area contributed by atoms with Gasteiger partial charge in [0.25, 0.3) is 0 Å². The van der Waals surface area contributed by atoms with Gasteiger partial charge in [-0.05, 0) is 52.6 Å². The lowest BCUT2D eigenvalue weighted by Gasteiger charge is -2.26. The van der Waals surface area contributed by atoms with Crippen LogP contribution in [0.1, 0.15) is 39.5 Å². The first kappa shape index (κ1) is 15.4. The molecule has 0 spiro atoms. The monoisotopic (exact) mass is 253 g/mol. The van der Waals surface area contributed by atoms with Crippen molar-refractivity contribution in [2.24, 2.45) is 11.7 Å². The van der Waals surface area contributed by atoms with E-state index < -0.39 is 5.54 Å². The maximum atomic E-state index is 9.15. The zero-order valence-electron chi connectivity index (χ0n) is 12.0. The van der Waals surface area contributed by atoms with E-state index in [1.54, 1.807) is 0 Å². The summed E-state index contributed by atoms with van der Waals surface area (Å²) in [5.41, 5.74) is 5.55. The van der Waals surface area contributed by atoms with E-state index in [0.717, 1.165) is 45.4 Å². The van der Waals surface area contributed by atoms with Gasteiger partial charge >= 0.3 is 0 Å². The van der Waals surface area contributed by atoms with Crippen LogP contribution in [-0.4, -0.2) is 43.3 Å². The Morgan fingerprint density at radius 3 is 2.83 bits per heavy atom. The van der Waals surface area contributed by atoms with Crippen LogP contribution in [0, 0.1) is 17.2 Å². The maximum absolute atomic E-state index is 9.15. The lowest BCUT2D eigenvalue weighted by molar-refractivity contribution is 0.0627. The molecule has 4 nitrogen and oxygen atoms in total. The summed E-state index contributed by atoms with van der Waals surface area (Å²) in [4.78, 5) is 2.26. The quantitative estimate of drug-likeness (QED) is 0.751. The van der Waals surface area contributed by atoms with Crippen molar-refractivity contribution < 1.29 is 4.74 Å². The topological polar surface area (TPSA) is 62.3 Å². The fourth-order valence-electron chi connectivity index (χ4n) is 2.58. The molecule has 0 saturated heterocycles. The smallest absolute Gasteiger partial charge is 0.107 e. The molecule has 18 heavy (non-hydrogen) atoms. The predicted molar refractivity (Wildman–Crippen MR) is 73.1 cm³/mol. The van der Waals surface area contributed by atoms with E-state index >= 15 is 0 Å². The lowest BCUT2D eigenvalue weighted by atomic mass is 9.87. The highest BCUT2D eigenvalue weighted by molar-refractivity contribution is 5.11. The summed E-state index contributed by atoms with van der Waals surface area (Å²) in [7, 11) is 2.10. The minimum absolute atomic E-state index is 0.295. The van der Waals surface area contributed by atoms with E-state index in [-0.39, 0.29) is 0 Å². The second kappa shape index (κ2) is 7.08. The van der Waals surface area contributed by atoms with Gasteiger partial charge in [0, 0.05) is 6.54 Å². The number of likely N-dealkylation sites (N-methyl/N-ethyl adjacent to an activating group) is 1. The van der Waals surface area contributed by atoms with Gasteiger partial charge in [0.15, 0.2) is 0 Å². The van der Waals surface area contributed by atoms with Crippen LogP contribution in [0.2, 0.25) is 0 Å². The first-order chi connectivity index (χ1) is 8.48. The second-order valence-corrected chi connectivity index (χ2v) is 5.75. The van der Waals surface area contributed by atoms with Crippen LogP contribution in [0.5, 0.6) is 0 Å². The van der Waals surface area contributed by atoms with Gasteiger partial charge in [-0.15, -0.1) is 0 Å². The van der Waals surface area contributed by atoms with Crippen molar-refractivity contribution in [2.45, 2.75) is 51.2 Å². The molecule has 0 heterocycles. The fraction of sp³-hybridized carbons (Fsp3) is 0.929. The molecule has 0 aromatic carbocycles. The molecule has 1 aliphatic carbocycles. The molecule has 1 rings (SSSR count). The average Bonchev–Trinajstić information content (AvgIpc) is 2.68. The van der Waals surface area contributed by atoms with Crippen LogP contribution in [0.4, 0.5) is 0 Å². The molecule has 1 fully saturated rings. The SMILES string of the molecule is CC(C)OCCN(C)CCC1CCCC1(N)C#N. The Labute approximate surface area is 111 Å². The Morgan fingerprint density at radius 2 is 2.22 bits per heavy atom. The van der Waals surface area contributed by atoms with Crippen molar-refractivity contribution in [3.05, 3.63) is 0 Å². The minimum Gasteiger partial charge on any atom is -0.377 e. The Balaban J connectivity index is 2.22. The summed E-state index contributed by atoms with van der Waals surface area (Å²) >= 11 is 0. The summed E-state index contributed by atoms with van der Waals surface area (Å²) in [6.07, 6.45) is 4.36. The number of nitrogens with two attached hydrogens (primary N) is 1. The van der Waals surface area contributed by atoms with E-state index in [1.165, 1.54) is 0 Å². The number of hydrogen-bond acceptors (Lipinski definition) is 4. The molecule has 2 atom stereocenters. The number of ether oxygens (including phenoxy) is 1. The average molecular weight is 253 g/mol. The normalized spacial score (nSPS) is 27.9. The molecule has 0 aliphatic heterocycles. The third kappa shape index (κ3) is 4.56. The second-order valence-electron chi connectivity index (χ2n) is 5.75. The van der Waals surface area contributed by atoms with Gasteiger partial charge in [0.1, 0.15) is 5.54 Å². The molecule has 1 aliphatic rings. The molecule has 4 heteroatoms. The third-order valence-electron chi connectivity index (χ3n) is 3.86. The lowest BCUT2D eigenvalue weighted by Crippen LogP contribution is -2.43. The molecule has 1 saturated carbocycles. The standard InChI is InChI=1S/C14H27N3O/c1-12(2)18-10-9-17(3)8-6-13-5-4-7-14(13,16)11-15/h12-13H,4-10,16H2,1-3H3. The van der Waals surface area contributed by atoms with E-state index in [2.05, 4.69) is 18.0 Å². The highest BCUT2D eigenvalue weighted by Crippen LogP contribution is 2.35. The van der Waals surface area contributed by atoms with E-state index in [9.17, 15) is 0 Å². The number of nitriles is 1. The van der Waals surface area contributed by atoms with Crippen LogP contribution in [0.25, 0.3) is 0 Å². The molecule has 0 radical (unpaired) electrons. The van der Waals surface area contributed by atoms with Crippen molar-refractivity contribution >= 4 is 0 Å². The zero-order chi connectivity index (χ0) is 13.6. The first-order valence-electron chi connectivity index (χ1n) is 6.98.